The van der Waals surface area contributed by atoms with E-state index in [4.69, 9.17) is 14.6 Å². The van der Waals surface area contributed by atoms with Crippen molar-refractivity contribution in [3.05, 3.63) is 41.0 Å². The minimum Gasteiger partial charge on any atom is -0.361 e. The van der Waals surface area contributed by atoms with Gasteiger partial charge in [-0.15, -0.1) is 0 Å². The highest BCUT2D eigenvalue weighted by Gasteiger charge is 2.32. The first-order valence-electron chi connectivity index (χ1n) is 10.5. The third-order valence-corrected chi connectivity index (χ3v) is 5.98. The molecule has 8 heteroatoms. The van der Waals surface area contributed by atoms with E-state index in [1.165, 1.54) is 12.8 Å². The molecule has 0 spiro atoms. The van der Waals surface area contributed by atoms with Crippen molar-refractivity contribution in [1.82, 2.24) is 24.7 Å². The molecule has 0 bridgehead atoms. The molecule has 0 saturated carbocycles. The molecule has 1 unspecified atom stereocenters. The molecule has 2 aliphatic heterocycles. The van der Waals surface area contributed by atoms with Crippen LogP contribution >= 0.6 is 0 Å². The van der Waals surface area contributed by atoms with Crippen molar-refractivity contribution < 1.29 is 9.32 Å². The Hall–Kier alpha value is -2.90. The number of amides is 1. The van der Waals surface area contributed by atoms with Crippen LogP contribution in [0.5, 0.6) is 0 Å². The van der Waals surface area contributed by atoms with Crippen LogP contribution in [0, 0.1) is 13.8 Å². The molecular weight excluding hydrogens is 368 g/mol. The lowest BCUT2D eigenvalue weighted by atomic mass is 9.99. The van der Waals surface area contributed by atoms with Gasteiger partial charge < -0.3 is 14.3 Å². The van der Waals surface area contributed by atoms with Gasteiger partial charge in [-0.05, 0) is 46.0 Å². The van der Waals surface area contributed by atoms with Crippen molar-refractivity contribution in [1.29, 1.82) is 0 Å². The van der Waals surface area contributed by atoms with Crippen LogP contribution in [0.3, 0.4) is 0 Å². The molecule has 1 atom stereocenters. The Morgan fingerprint density at radius 1 is 1.10 bits per heavy atom. The molecule has 5 heterocycles. The first-order chi connectivity index (χ1) is 14.1. The lowest BCUT2D eigenvalue weighted by Crippen LogP contribution is -2.38. The maximum absolute atomic E-state index is 13.0. The summed E-state index contributed by atoms with van der Waals surface area (Å²) in [6.07, 6.45) is 7.45. The Morgan fingerprint density at radius 2 is 1.90 bits per heavy atom. The van der Waals surface area contributed by atoms with Gasteiger partial charge in [0.15, 0.2) is 11.3 Å². The van der Waals surface area contributed by atoms with Crippen LogP contribution in [-0.2, 0) is 0 Å². The number of aromatic nitrogens is 4. The van der Waals surface area contributed by atoms with E-state index in [9.17, 15) is 4.79 Å². The molecule has 2 fully saturated rings. The Morgan fingerprint density at radius 3 is 2.66 bits per heavy atom. The van der Waals surface area contributed by atoms with Gasteiger partial charge in [-0.2, -0.15) is 5.10 Å². The molecule has 5 rings (SSSR count). The van der Waals surface area contributed by atoms with Crippen LogP contribution in [0.25, 0.3) is 5.65 Å². The predicted octanol–water partition coefficient (Wildman–Crippen LogP) is 3.30. The molecule has 29 heavy (non-hydrogen) atoms. The zero-order valence-corrected chi connectivity index (χ0v) is 17.0. The number of hydrogen-bond acceptors (Lipinski definition) is 6. The fraction of sp³-hybridized carbons (Fsp3) is 0.524. The summed E-state index contributed by atoms with van der Waals surface area (Å²) in [4.78, 5) is 22.2. The molecule has 2 aliphatic rings. The normalized spacial score (nSPS) is 20.0. The maximum Gasteiger partial charge on any atom is 0.276 e. The number of fused-ring (bicyclic) bond motifs is 1. The van der Waals surface area contributed by atoms with E-state index in [1.54, 1.807) is 13.0 Å². The number of likely N-dealkylation sites (tertiary alicyclic amines) is 1. The number of piperidine rings is 1. The molecule has 0 aromatic carbocycles. The number of rotatable bonds is 3. The summed E-state index contributed by atoms with van der Waals surface area (Å²) in [5.74, 6) is 1.60. The summed E-state index contributed by atoms with van der Waals surface area (Å²) < 4.78 is 6.96. The maximum atomic E-state index is 13.0. The third-order valence-electron chi connectivity index (χ3n) is 5.98. The summed E-state index contributed by atoms with van der Waals surface area (Å²) in [6.45, 7) is 6.71. The Bertz CT molecular complexity index is 1050. The molecule has 3 aromatic rings. The second-order valence-corrected chi connectivity index (χ2v) is 8.15. The van der Waals surface area contributed by atoms with Gasteiger partial charge in [0.05, 0.1) is 11.7 Å². The van der Waals surface area contributed by atoms with E-state index in [2.05, 4.69) is 23.2 Å². The second-order valence-electron chi connectivity index (χ2n) is 8.15. The van der Waals surface area contributed by atoms with Gasteiger partial charge in [-0.25, -0.2) is 9.50 Å². The van der Waals surface area contributed by atoms with Crippen LogP contribution in [0.4, 0.5) is 5.82 Å². The predicted molar refractivity (Wildman–Crippen MR) is 108 cm³/mol. The standard InChI is InChI=1S/C21H26N6O2/c1-14-13-27-19(22-20(14)25-8-5-6-9-25)12-16(23-27)18-7-3-4-10-26(18)21(28)17-11-15(2)29-24-17/h11-13,18H,3-10H2,1-2H3. The first kappa shape index (κ1) is 18.1. The van der Waals surface area contributed by atoms with E-state index in [-0.39, 0.29) is 11.9 Å². The number of aryl methyl sites for hydroxylation is 2. The minimum absolute atomic E-state index is 0.0644. The zero-order valence-electron chi connectivity index (χ0n) is 17.0. The molecule has 0 aliphatic carbocycles. The van der Waals surface area contributed by atoms with Gasteiger partial charge in [0.1, 0.15) is 11.6 Å². The largest absolute Gasteiger partial charge is 0.361 e. The molecule has 152 valence electrons. The molecule has 1 amide bonds. The van der Waals surface area contributed by atoms with Gasteiger partial charge in [0.2, 0.25) is 0 Å². The smallest absolute Gasteiger partial charge is 0.276 e. The van der Waals surface area contributed by atoms with Gasteiger partial charge >= 0.3 is 0 Å². The minimum atomic E-state index is -0.0921. The van der Waals surface area contributed by atoms with Crippen LogP contribution < -0.4 is 4.90 Å². The second kappa shape index (κ2) is 7.17. The number of carbonyl (C=O) groups is 1. The first-order valence-corrected chi connectivity index (χ1v) is 10.5. The highest BCUT2D eigenvalue weighted by atomic mass is 16.5. The third kappa shape index (κ3) is 3.26. The van der Waals surface area contributed by atoms with Crippen LogP contribution in [-0.4, -0.2) is 50.2 Å². The van der Waals surface area contributed by atoms with Gasteiger partial charge in [0.25, 0.3) is 5.91 Å². The summed E-state index contributed by atoms with van der Waals surface area (Å²) >= 11 is 0. The highest BCUT2D eigenvalue weighted by molar-refractivity contribution is 5.92. The van der Waals surface area contributed by atoms with Crippen molar-refractivity contribution >= 4 is 17.4 Å². The molecule has 2 saturated heterocycles. The Kier molecular flexibility index (Phi) is 4.49. The quantitative estimate of drug-likeness (QED) is 0.678. The molecule has 0 radical (unpaired) electrons. The van der Waals surface area contributed by atoms with Gasteiger partial charge in [-0.3, -0.25) is 4.79 Å². The summed E-state index contributed by atoms with van der Waals surface area (Å²) in [5, 5.41) is 8.71. The van der Waals surface area contributed by atoms with Crippen LogP contribution in [0.15, 0.2) is 22.9 Å². The SMILES string of the molecule is Cc1cc(C(=O)N2CCCCC2c2cc3nc(N4CCCC4)c(C)cn3n2)no1. The van der Waals surface area contributed by atoms with Crippen molar-refractivity contribution in [2.75, 3.05) is 24.5 Å². The monoisotopic (exact) mass is 394 g/mol. The molecule has 8 nitrogen and oxygen atoms in total. The van der Waals surface area contributed by atoms with E-state index < -0.39 is 0 Å². The van der Waals surface area contributed by atoms with E-state index in [0.29, 0.717) is 18.0 Å². The summed E-state index contributed by atoms with van der Waals surface area (Å²) in [7, 11) is 0. The number of carbonyl (C=O) groups excluding carboxylic acids is 1. The zero-order chi connectivity index (χ0) is 20.0. The van der Waals surface area contributed by atoms with Crippen molar-refractivity contribution in [3.8, 4) is 0 Å². The number of hydrogen-bond donors (Lipinski definition) is 0. The van der Waals surface area contributed by atoms with Gasteiger partial charge in [0, 0.05) is 43.5 Å². The van der Waals surface area contributed by atoms with Crippen molar-refractivity contribution in [2.45, 2.75) is 52.0 Å². The highest BCUT2D eigenvalue weighted by Crippen LogP contribution is 2.32. The number of nitrogens with zero attached hydrogens (tertiary/aromatic N) is 6. The van der Waals surface area contributed by atoms with E-state index in [1.807, 2.05) is 15.5 Å². The van der Waals surface area contributed by atoms with Gasteiger partial charge in [-0.1, -0.05) is 5.16 Å². The number of anilines is 1. The van der Waals surface area contributed by atoms with Crippen molar-refractivity contribution in [3.63, 3.8) is 0 Å². The van der Waals surface area contributed by atoms with E-state index >= 15 is 0 Å². The Labute approximate surface area is 169 Å². The van der Waals surface area contributed by atoms with Crippen LogP contribution in [0.1, 0.15) is 65.7 Å². The average molecular weight is 394 g/mol. The fourth-order valence-corrected chi connectivity index (χ4v) is 4.53. The fourth-order valence-electron chi connectivity index (χ4n) is 4.53. The topological polar surface area (TPSA) is 79.8 Å². The lowest BCUT2D eigenvalue weighted by molar-refractivity contribution is 0.0595. The Balaban J connectivity index is 1.48. The molecular formula is C21H26N6O2. The molecule has 0 N–H and O–H groups in total. The van der Waals surface area contributed by atoms with E-state index in [0.717, 1.165) is 55.1 Å². The lowest BCUT2D eigenvalue weighted by Gasteiger charge is -2.34. The molecule has 3 aromatic heterocycles. The van der Waals surface area contributed by atoms with Crippen molar-refractivity contribution in [2.24, 2.45) is 0 Å². The summed E-state index contributed by atoms with van der Waals surface area (Å²) in [6, 6.07) is 3.67. The van der Waals surface area contributed by atoms with Crippen LogP contribution in [0.2, 0.25) is 0 Å². The summed E-state index contributed by atoms with van der Waals surface area (Å²) in [5.41, 5.74) is 3.22. The average Bonchev–Trinajstić information content (AvgIpc) is 3.47.